The van der Waals surface area contributed by atoms with Crippen molar-refractivity contribution in [3.8, 4) is 5.75 Å². The molecular formula is C16H16FN3O. The number of imidazole rings is 1. The number of nitrogens with zero attached hydrogens (tertiary/aromatic N) is 2. The van der Waals surface area contributed by atoms with Gasteiger partial charge in [0, 0.05) is 18.3 Å². The maximum absolute atomic E-state index is 13.8. The zero-order valence-electron chi connectivity index (χ0n) is 11.7. The lowest BCUT2D eigenvalue weighted by Gasteiger charge is -2.08. The number of nitrogens with two attached hydrogens (primary N) is 1. The first-order valence-corrected chi connectivity index (χ1v) is 6.81. The third-order valence-corrected chi connectivity index (χ3v) is 3.35. The third kappa shape index (κ3) is 2.54. The molecule has 0 spiro atoms. The molecule has 0 saturated carbocycles. The second-order valence-corrected chi connectivity index (χ2v) is 4.74. The Morgan fingerprint density at radius 1 is 1.24 bits per heavy atom. The van der Waals surface area contributed by atoms with Crippen molar-refractivity contribution < 1.29 is 9.13 Å². The molecule has 4 nitrogen and oxygen atoms in total. The summed E-state index contributed by atoms with van der Waals surface area (Å²) in [5.41, 5.74) is 7.52. The van der Waals surface area contributed by atoms with Crippen LogP contribution in [0.1, 0.15) is 12.7 Å². The van der Waals surface area contributed by atoms with Crippen LogP contribution in [0.4, 0.5) is 10.1 Å². The van der Waals surface area contributed by atoms with Gasteiger partial charge >= 0.3 is 0 Å². The van der Waals surface area contributed by atoms with Crippen molar-refractivity contribution >= 4 is 16.7 Å². The number of para-hydroxylation sites is 1. The zero-order valence-corrected chi connectivity index (χ0v) is 11.7. The van der Waals surface area contributed by atoms with E-state index in [1.807, 2.05) is 29.7 Å². The molecule has 0 radical (unpaired) electrons. The number of aromatic nitrogens is 2. The first-order valence-electron chi connectivity index (χ1n) is 6.81. The molecule has 0 atom stereocenters. The maximum atomic E-state index is 13.8. The van der Waals surface area contributed by atoms with Gasteiger partial charge in [0.05, 0.1) is 5.52 Å². The Labute approximate surface area is 122 Å². The lowest BCUT2D eigenvalue weighted by atomic mass is 10.3. The van der Waals surface area contributed by atoms with Crippen molar-refractivity contribution in [2.45, 2.75) is 20.1 Å². The fraction of sp³-hybridized carbons (Fsp3) is 0.188. The van der Waals surface area contributed by atoms with Gasteiger partial charge < -0.3 is 15.0 Å². The number of anilines is 1. The molecule has 3 aromatic rings. The summed E-state index contributed by atoms with van der Waals surface area (Å²) in [5.74, 6) is 1.05. The number of ether oxygens (including phenoxy) is 1. The van der Waals surface area contributed by atoms with Crippen LogP contribution in [0.25, 0.3) is 11.0 Å². The summed E-state index contributed by atoms with van der Waals surface area (Å²) in [4.78, 5) is 4.35. The largest absolute Gasteiger partial charge is 0.486 e. The number of hydrogen-bond donors (Lipinski definition) is 1. The van der Waals surface area contributed by atoms with Crippen LogP contribution in [0.15, 0.2) is 42.5 Å². The minimum atomic E-state index is -0.315. The predicted octanol–water partition coefficient (Wildman–Crippen LogP) is 3.36. The minimum absolute atomic E-state index is 0.269. The predicted molar refractivity (Wildman–Crippen MR) is 80.6 cm³/mol. The fourth-order valence-corrected chi connectivity index (χ4v) is 2.38. The van der Waals surface area contributed by atoms with Gasteiger partial charge in [-0.1, -0.05) is 12.1 Å². The smallest absolute Gasteiger partial charge is 0.151 e. The highest BCUT2D eigenvalue weighted by molar-refractivity contribution is 5.76. The van der Waals surface area contributed by atoms with Crippen LogP contribution in [-0.4, -0.2) is 9.55 Å². The normalized spacial score (nSPS) is 11.0. The number of halogens is 1. The highest BCUT2D eigenvalue weighted by Gasteiger charge is 2.13. The van der Waals surface area contributed by atoms with Gasteiger partial charge in [-0.3, -0.25) is 0 Å². The van der Waals surface area contributed by atoms with Crippen LogP contribution in [0.3, 0.4) is 0 Å². The SMILES string of the molecule is CCn1c(COc2cccc(N)c2)nc2c(F)cccc21. The van der Waals surface area contributed by atoms with E-state index in [2.05, 4.69) is 4.98 Å². The molecule has 21 heavy (non-hydrogen) atoms. The monoisotopic (exact) mass is 285 g/mol. The topological polar surface area (TPSA) is 53.1 Å². The maximum Gasteiger partial charge on any atom is 0.151 e. The van der Waals surface area contributed by atoms with E-state index >= 15 is 0 Å². The molecule has 1 heterocycles. The van der Waals surface area contributed by atoms with Crippen LogP contribution in [0, 0.1) is 5.82 Å². The molecule has 108 valence electrons. The first kappa shape index (κ1) is 13.4. The van der Waals surface area contributed by atoms with E-state index in [0.717, 1.165) is 5.52 Å². The van der Waals surface area contributed by atoms with Gasteiger partial charge in [-0.15, -0.1) is 0 Å². The van der Waals surface area contributed by atoms with Crippen LogP contribution < -0.4 is 10.5 Å². The lowest BCUT2D eigenvalue weighted by molar-refractivity contribution is 0.291. The molecule has 0 aliphatic rings. The Kier molecular flexibility index (Phi) is 3.48. The average Bonchev–Trinajstić information content (AvgIpc) is 2.84. The van der Waals surface area contributed by atoms with Gasteiger partial charge in [-0.05, 0) is 31.2 Å². The van der Waals surface area contributed by atoms with Crippen molar-refractivity contribution in [1.82, 2.24) is 9.55 Å². The molecular weight excluding hydrogens is 269 g/mol. The van der Waals surface area contributed by atoms with Crippen LogP contribution in [0.5, 0.6) is 5.75 Å². The van der Waals surface area contributed by atoms with Gasteiger partial charge in [0.15, 0.2) is 5.82 Å². The molecule has 0 unspecified atom stereocenters. The quantitative estimate of drug-likeness (QED) is 0.748. The van der Waals surface area contributed by atoms with Gasteiger partial charge in [0.2, 0.25) is 0 Å². The van der Waals surface area contributed by atoms with Gasteiger partial charge in [0.25, 0.3) is 0 Å². The molecule has 5 heteroatoms. The van der Waals surface area contributed by atoms with E-state index in [0.29, 0.717) is 29.3 Å². The molecule has 2 aromatic carbocycles. The van der Waals surface area contributed by atoms with E-state index in [1.54, 1.807) is 18.2 Å². The molecule has 0 amide bonds. The van der Waals surface area contributed by atoms with E-state index in [-0.39, 0.29) is 12.4 Å². The second kappa shape index (κ2) is 5.44. The Bertz CT molecular complexity index is 782. The number of nitrogen functional groups attached to an aromatic ring is 1. The molecule has 1 aromatic heterocycles. The number of rotatable bonds is 4. The molecule has 3 rings (SSSR count). The van der Waals surface area contributed by atoms with Crippen LogP contribution in [-0.2, 0) is 13.2 Å². The summed E-state index contributed by atoms with van der Waals surface area (Å²) in [6.07, 6.45) is 0. The van der Waals surface area contributed by atoms with E-state index in [1.165, 1.54) is 6.07 Å². The number of hydrogen-bond acceptors (Lipinski definition) is 3. The van der Waals surface area contributed by atoms with Gasteiger partial charge in [0.1, 0.15) is 23.7 Å². The highest BCUT2D eigenvalue weighted by Crippen LogP contribution is 2.21. The number of fused-ring (bicyclic) bond motifs is 1. The number of aryl methyl sites for hydroxylation is 1. The Morgan fingerprint density at radius 2 is 2.05 bits per heavy atom. The summed E-state index contributed by atoms with van der Waals surface area (Å²) in [6, 6.07) is 12.2. The standard InChI is InChI=1S/C16H16FN3O/c1-2-20-14-8-4-7-13(17)16(14)19-15(20)10-21-12-6-3-5-11(18)9-12/h3-9H,2,10,18H2,1H3. The van der Waals surface area contributed by atoms with E-state index in [9.17, 15) is 4.39 Å². The van der Waals surface area contributed by atoms with Crippen molar-refractivity contribution in [2.24, 2.45) is 0 Å². The van der Waals surface area contributed by atoms with Crippen LogP contribution >= 0.6 is 0 Å². The summed E-state index contributed by atoms with van der Waals surface area (Å²) >= 11 is 0. The zero-order chi connectivity index (χ0) is 14.8. The fourth-order valence-electron chi connectivity index (χ4n) is 2.38. The molecule has 0 aliphatic carbocycles. The minimum Gasteiger partial charge on any atom is -0.486 e. The van der Waals surface area contributed by atoms with Crippen molar-refractivity contribution in [2.75, 3.05) is 5.73 Å². The van der Waals surface area contributed by atoms with E-state index in [4.69, 9.17) is 10.5 Å². The second-order valence-electron chi connectivity index (χ2n) is 4.74. The summed E-state index contributed by atoms with van der Waals surface area (Å²) in [7, 11) is 0. The number of benzene rings is 2. The van der Waals surface area contributed by atoms with Crippen molar-refractivity contribution in [1.29, 1.82) is 0 Å². The average molecular weight is 285 g/mol. The summed E-state index contributed by atoms with van der Waals surface area (Å²) < 4.78 is 21.4. The Morgan fingerprint density at radius 3 is 2.81 bits per heavy atom. The van der Waals surface area contributed by atoms with E-state index < -0.39 is 0 Å². The van der Waals surface area contributed by atoms with Crippen molar-refractivity contribution in [3.05, 3.63) is 54.1 Å². The summed E-state index contributed by atoms with van der Waals surface area (Å²) in [5, 5.41) is 0. The van der Waals surface area contributed by atoms with Gasteiger partial charge in [-0.25, -0.2) is 9.37 Å². The molecule has 0 bridgehead atoms. The van der Waals surface area contributed by atoms with Crippen molar-refractivity contribution in [3.63, 3.8) is 0 Å². The summed E-state index contributed by atoms with van der Waals surface area (Å²) in [6.45, 7) is 2.97. The molecule has 0 fully saturated rings. The molecule has 0 aliphatic heterocycles. The lowest BCUT2D eigenvalue weighted by Crippen LogP contribution is -2.06. The first-order chi connectivity index (χ1) is 10.2. The third-order valence-electron chi connectivity index (χ3n) is 3.35. The molecule has 2 N–H and O–H groups in total. The Hall–Kier alpha value is -2.56. The van der Waals surface area contributed by atoms with Crippen LogP contribution in [0.2, 0.25) is 0 Å². The van der Waals surface area contributed by atoms with Gasteiger partial charge in [-0.2, -0.15) is 0 Å². The molecule has 0 saturated heterocycles. The Balaban J connectivity index is 1.91. The highest BCUT2D eigenvalue weighted by atomic mass is 19.1.